The smallest absolute Gasteiger partial charge is 0.353 e. The van der Waals surface area contributed by atoms with Crippen LogP contribution in [0.3, 0.4) is 0 Å². The molecule has 1 rings (SSSR count). The van der Waals surface area contributed by atoms with Crippen LogP contribution >= 0.6 is 15.4 Å². The van der Waals surface area contributed by atoms with Crippen LogP contribution in [0.4, 0.5) is 0 Å². The van der Waals surface area contributed by atoms with E-state index in [9.17, 15) is 18.9 Å². The number of rotatable bonds is 8. The third-order valence-corrected chi connectivity index (χ3v) is 7.13. The number of aliphatic hydroxyl groups is 1. The van der Waals surface area contributed by atoms with Crippen LogP contribution < -0.4 is 0 Å². The molecule has 0 heterocycles. The van der Waals surface area contributed by atoms with E-state index in [1.165, 1.54) is 5.57 Å². The summed E-state index contributed by atoms with van der Waals surface area (Å²) in [4.78, 5) is 18.4. The first-order valence-electron chi connectivity index (χ1n) is 7.07. The Morgan fingerprint density at radius 3 is 2.32 bits per heavy atom. The Morgan fingerprint density at radius 2 is 1.86 bits per heavy atom. The summed E-state index contributed by atoms with van der Waals surface area (Å²) < 4.78 is 22.9. The van der Waals surface area contributed by atoms with Crippen LogP contribution in [0, 0.1) is 0 Å². The van der Waals surface area contributed by atoms with Crippen LogP contribution in [0.15, 0.2) is 29.8 Å². The van der Waals surface area contributed by atoms with Crippen LogP contribution in [-0.2, 0) is 15.6 Å². The van der Waals surface area contributed by atoms with E-state index in [-0.39, 0.29) is 6.42 Å². The highest BCUT2D eigenvalue weighted by molar-refractivity contribution is 7.67. The second-order valence-electron chi connectivity index (χ2n) is 5.48. The molecule has 0 saturated heterocycles. The zero-order chi connectivity index (χ0) is 16.8. The first-order chi connectivity index (χ1) is 10.2. The van der Waals surface area contributed by atoms with E-state index in [4.69, 9.17) is 5.11 Å². The molecule has 0 bridgehead atoms. The van der Waals surface area contributed by atoms with E-state index in [1.54, 1.807) is 0 Å². The predicted molar refractivity (Wildman–Crippen MR) is 89.2 cm³/mol. The minimum Gasteiger partial charge on any atom is -0.353 e. The highest BCUT2D eigenvalue weighted by Gasteiger charge is 2.43. The molecule has 122 valence electrons. The zero-order valence-corrected chi connectivity index (χ0v) is 14.6. The number of benzene rings is 1. The van der Waals surface area contributed by atoms with Crippen molar-refractivity contribution in [1.82, 2.24) is 0 Å². The molecule has 7 heteroatoms. The molecule has 0 spiro atoms. The van der Waals surface area contributed by atoms with Gasteiger partial charge in [-0.1, -0.05) is 40.5 Å². The molecule has 5 nitrogen and oxygen atoms in total. The van der Waals surface area contributed by atoms with Crippen molar-refractivity contribution in [3.63, 3.8) is 0 Å². The van der Waals surface area contributed by atoms with E-state index < -0.39 is 27.1 Å². The standard InChI is InChI=1S/C15H22O5P2/c1-12(2)10-14-8-6-13(7-9-14)4-3-5-15(21(17)11-16)22(18,19)20/h6-10,15-16H,3-5,11H2,1-2H3,(H-,18,19,20)/p+1. The largest absolute Gasteiger partial charge is 0.382 e. The Bertz CT molecular complexity index is 570. The zero-order valence-electron chi connectivity index (χ0n) is 12.8. The SMILES string of the molecule is CC(C)=Cc1ccc(CCCC([P+](=O)CO)P(=O)(O)O)cc1. The molecule has 3 N–H and O–H groups in total. The summed E-state index contributed by atoms with van der Waals surface area (Å²) in [6.45, 7) is 4.05. The Kier molecular flexibility index (Phi) is 7.61. The van der Waals surface area contributed by atoms with Crippen molar-refractivity contribution in [1.29, 1.82) is 0 Å². The third kappa shape index (κ3) is 6.51. The molecule has 0 aromatic heterocycles. The van der Waals surface area contributed by atoms with Gasteiger partial charge in [-0.2, -0.15) is 0 Å². The molecule has 0 amide bonds. The summed E-state index contributed by atoms with van der Waals surface area (Å²) in [5, 5.41) is 7.60. The summed E-state index contributed by atoms with van der Waals surface area (Å²) in [5.74, 6) is 0. The molecule has 1 aromatic rings. The molecule has 0 radical (unpaired) electrons. The molecule has 22 heavy (non-hydrogen) atoms. The van der Waals surface area contributed by atoms with Gasteiger partial charge in [-0.15, -0.1) is 0 Å². The first-order valence-corrected chi connectivity index (χ1v) is 10.3. The fourth-order valence-corrected chi connectivity index (χ4v) is 4.92. The minimum absolute atomic E-state index is 0.135. The Morgan fingerprint density at radius 1 is 1.27 bits per heavy atom. The second-order valence-corrected chi connectivity index (χ2v) is 9.43. The topological polar surface area (TPSA) is 94.8 Å². The summed E-state index contributed by atoms with van der Waals surface area (Å²) in [6.07, 6.45) is 2.68. The maximum atomic E-state index is 11.5. The summed E-state index contributed by atoms with van der Waals surface area (Å²) in [5.41, 5.74) is 3.39. The molecule has 1 aromatic carbocycles. The van der Waals surface area contributed by atoms with Gasteiger partial charge in [0.1, 0.15) is 0 Å². The number of hydrogen-bond acceptors (Lipinski definition) is 3. The second kappa shape index (κ2) is 8.71. The molecular formula is C15H23O5P2+. The fraction of sp³-hybridized carbons (Fsp3) is 0.467. The van der Waals surface area contributed by atoms with E-state index in [0.29, 0.717) is 12.8 Å². The first kappa shape index (κ1) is 19.2. The quantitative estimate of drug-likeness (QED) is 0.624. The number of aryl methyl sites for hydroxylation is 1. The maximum Gasteiger partial charge on any atom is 0.382 e. The van der Waals surface area contributed by atoms with Crippen LogP contribution in [-0.4, -0.2) is 26.6 Å². The monoisotopic (exact) mass is 345 g/mol. The highest BCUT2D eigenvalue weighted by Crippen LogP contribution is 2.55. The Balaban J connectivity index is 2.60. The van der Waals surface area contributed by atoms with Crippen LogP contribution in [0.1, 0.15) is 37.8 Å². The van der Waals surface area contributed by atoms with Crippen LogP contribution in [0.2, 0.25) is 0 Å². The number of aliphatic hydroxyl groups excluding tert-OH is 1. The van der Waals surface area contributed by atoms with Gasteiger partial charge in [0.15, 0.2) is 0 Å². The van der Waals surface area contributed by atoms with E-state index in [2.05, 4.69) is 6.08 Å². The van der Waals surface area contributed by atoms with Gasteiger partial charge in [0, 0.05) is 6.42 Å². The molecule has 0 fully saturated rings. The predicted octanol–water partition coefficient (Wildman–Crippen LogP) is 3.71. The Hall–Kier alpha value is -0.830. The highest BCUT2D eigenvalue weighted by atomic mass is 31.2. The third-order valence-electron chi connectivity index (χ3n) is 3.22. The summed E-state index contributed by atoms with van der Waals surface area (Å²) in [7, 11) is -6.74. The van der Waals surface area contributed by atoms with Crippen LogP contribution in [0.5, 0.6) is 0 Å². The van der Waals surface area contributed by atoms with Crippen LogP contribution in [0.25, 0.3) is 6.08 Å². The van der Waals surface area contributed by atoms with E-state index >= 15 is 0 Å². The van der Waals surface area contributed by atoms with Gasteiger partial charge in [0.2, 0.25) is 6.35 Å². The average molecular weight is 345 g/mol. The van der Waals surface area contributed by atoms with Gasteiger partial charge in [-0.05, 0) is 37.8 Å². The lowest BCUT2D eigenvalue weighted by atomic mass is 10.1. The van der Waals surface area contributed by atoms with Crippen molar-refractivity contribution in [2.75, 3.05) is 6.35 Å². The minimum atomic E-state index is -4.45. The van der Waals surface area contributed by atoms with Crippen molar-refractivity contribution in [3.8, 4) is 0 Å². The molecule has 0 aliphatic carbocycles. The summed E-state index contributed by atoms with van der Waals surface area (Å²) in [6, 6.07) is 7.95. The maximum absolute atomic E-state index is 11.5. The lowest BCUT2D eigenvalue weighted by molar-refractivity contribution is 0.350. The van der Waals surface area contributed by atoms with Gasteiger partial charge in [-0.3, -0.25) is 4.57 Å². The molecule has 2 atom stereocenters. The van der Waals surface area contributed by atoms with Gasteiger partial charge in [-0.25, -0.2) is 0 Å². The lowest BCUT2D eigenvalue weighted by Crippen LogP contribution is -2.05. The molecule has 2 unspecified atom stereocenters. The molecule has 0 saturated carbocycles. The Labute approximate surface area is 132 Å². The van der Waals surface area contributed by atoms with Crippen molar-refractivity contribution in [2.24, 2.45) is 0 Å². The van der Waals surface area contributed by atoms with Gasteiger partial charge in [0.05, 0.1) is 0 Å². The van der Waals surface area contributed by atoms with Crippen molar-refractivity contribution in [2.45, 2.75) is 38.5 Å². The van der Waals surface area contributed by atoms with Crippen molar-refractivity contribution < 1.29 is 24.0 Å². The molecule has 0 aliphatic heterocycles. The molecule has 0 aliphatic rings. The normalized spacial score (nSPS) is 13.6. The number of hydrogen-bond donors (Lipinski definition) is 3. The van der Waals surface area contributed by atoms with Crippen molar-refractivity contribution >= 4 is 21.5 Å². The van der Waals surface area contributed by atoms with Gasteiger partial charge in [0.25, 0.3) is 5.40 Å². The lowest BCUT2D eigenvalue weighted by Gasteiger charge is -2.09. The van der Waals surface area contributed by atoms with Gasteiger partial charge >= 0.3 is 15.4 Å². The van der Waals surface area contributed by atoms with Crippen molar-refractivity contribution in [3.05, 3.63) is 41.0 Å². The van der Waals surface area contributed by atoms with Gasteiger partial charge < -0.3 is 14.9 Å². The summed E-state index contributed by atoms with van der Waals surface area (Å²) >= 11 is 0. The molecular weight excluding hydrogens is 322 g/mol. The fourth-order valence-electron chi connectivity index (χ4n) is 2.18. The average Bonchev–Trinajstić information content (AvgIpc) is 2.42. The van der Waals surface area contributed by atoms with E-state index in [0.717, 1.165) is 11.1 Å². The number of allylic oxidation sites excluding steroid dienone is 1. The van der Waals surface area contributed by atoms with E-state index in [1.807, 2.05) is 38.1 Å².